The number of carbonyl (C=O) groups is 3. The predicted octanol–water partition coefficient (Wildman–Crippen LogP) is 1.89. The van der Waals surface area contributed by atoms with E-state index in [0.717, 1.165) is 0 Å². The first-order chi connectivity index (χ1) is 11.9. The van der Waals surface area contributed by atoms with Crippen molar-refractivity contribution in [3.05, 3.63) is 63.6 Å². The number of phenolic OH excluding ortho intramolecular Hbond substituents is 1. The van der Waals surface area contributed by atoms with Crippen molar-refractivity contribution in [3.8, 4) is 5.75 Å². The molecule has 0 heterocycles. The smallest absolute Gasteiger partial charge is 0.273 e. The van der Waals surface area contributed by atoms with E-state index in [2.05, 4.69) is 16.2 Å². The molecular weight excluding hydrogens is 369 g/mol. The summed E-state index contributed by atoms with van der Waals surface area (Å²) in [6.07, 6.45) is 0. The molecule has 0 bridgehead atoms. The van der Waals surface area contributed by atoms with E-state index in [-0.39, 0.29) is 21.9 Å². The number of carbonyl (C=O) groups excluding carboxylic acids is 3. The molecule has 0 atom stereocenters. The lowest BCUT2D eigenvalue weighted by Crippen LogP contribution is -2.46. The van der Waals surface area contributed by atoms with Gasteiger partial charge < -0.3 is 10.4 Å². The maximum Gasteiger partial charge on any atom is 0.273 e. The van der Waals surface area contributed by atoms with E-state index in [1.165, 1.54) is 30.3 Å². The van der Waals surface area contributed by atoms with E-state index >= 15 is 0 Å². The summed E-state index contributed by atoms with van der Waals surface area (Å²) >= 11 is 11.6. The van der Waals surface area contributed by atoms with Gasteiger partial charge in [0, 0.05) is 5.02 Å². The van der Waals surface area contributed by atoms with Crippen LogP contribution in [0, 0.1) is 0 Å². The van der Waals surface area contributed by atoms with Crippen LogP contribution in [-0.2, 0) is 4.79 Å². The molecular formula is C16H13Cl2N3O4. The average Bonchev–Trinajstić information content (AvgIpc) is 2.58. The number of phenols is 1. The first kappa shape index (κ1) is 18.6. The quantitative estimate of drug-likeness (QED) is 0.606. The first-order valence-electron chi connectivity index (χ1n) is 6.99. The van der Waals surface area contributed by atoms with Gasteiger partial charge in [-0.05, 0) is 30.3 Å². The van der Waals surface area contributed by atoms with Crippen molar-refractivity contribution < 1.29 is 19.5 Å². The molecule has 4 N–H and O–H groups in total. The Hall–Kier alpha value is -2.77. The predicted molar refractivity (Wildman–Crippen MR) is 92.5 cm³/mol. The van der Waals surface area contributed by atoms with Gasteiger partial charge >= 0.3 is 0 Å². The van der Waals surface area contributed by atoms with Gasteiger partial charge in [-0.3, -0.25) is 25.2 Å². The van der Waals surface area contributed by atoms with Gasteiger partial charge in [0.2, 0.25) is 0 Å². The van der Waals surface area contributed by atoms with Gasteiger partial charge in [0.25, 0.3) is 17.7 Å². The number of para-hydroxylation sites is 1. The SMILES string of the molecule is O=C(CNC(=O)c1ccc(Cl)cc1Cl)NNC(=O)c1ccccc1O. The number of benzene rings is 2. The highest BCUT2D eigenvalue weighted by Crippen LogP contribution is 2.20. The number of rotatable bonds is 4. The number of halogens is 2. The second-order valence-electron chi connectivity index (χ2n) is 4.83. The number of hydrogen-bond acceptors (Lipinski definition) is 4. The average molecular weight is 382 g/mol. The van der Waals surface area contributed by atoms with E-state index in [1.54, 1.807) is 12.1 Å². The van der Waals surface area contributed by atoms with Gasteiger partial charge in [-0.25, -0.2) is 0 Å². The van der Waals surface area contributed by atoms with Crippen LogP contribution in [0.5, 0.6) is 5.75 Å². The molecule has 130 valence electrons. The first-order valence-corrected chi connectivity index (χ1v) is 7.74. The zero-order chi connectivity index (χ0) is 18.4. The Kier molecular flexibility index (Phi) is 6.21. The monoisotopic (exact) mass is 381 g/mol. The standard InChI is InChI=1S/C16H13Cl2N3O4/c17-9-5-6-10(12(18)7-9)15(24)19-8-14(23)20-21-16(25)11-3-1-2-4-13(11)22/h1-7,22H,8H2,(H,19,24)(H,20,23)(H,21,25). The lowest BCUT2D eigenvalue weighted by molar-refractivity contribution is -0.120. The van der Waals surface area contributed by atoms with Crippen LogP contribution in [0.1, 0.15) is 20.7 Å². The van der Waals surface area contributed by atoms with Crippen molar-refractivity contribution in [2.75, 3.05) is 6.54 Å². The lowest BCUT2D eigenvalue weighted by atomic mass is 10.2. The van der Waals surface area contributed by atoms with Crippen molar-refractivity contribution >= 4 is 40.9 Å². The molecule has 0 aromatic heterocycles. The number of hydrazine groups is 1. The Bertz CT molecular complexity index is 827. The molecule has 0 radical (unpaired) electrons. The molecule has 2 rings (SSSR count). The summed E-state index contributed by atoms with van der Waals surface area (Å²) < 4.78 is 0. The van der Waals surface area contributed by atoms with Crippen LogP contribution in [0.25, 0.3) is 0 Å². The van der Waals surface area contributed by atoms with Crippen LogP contribution in [0.2, 0.25) is 10.0 Å². The normalized spacial score (nSPS) is 10.0. The van der Waals surface area contributed by atoms with Gasteiger partial charge in [-0.1, -0.05) is 35.3 Å². The maximum absolute atomic E-state index is 11.9. The number of amides is 3. The minimum Gasteiger partial charge on any atom is -0.507 e. The molecule has 0 saturated heterocycles. The summed E-state index contributed by atoms with van der Waals surface area (Å²) in [6, 6.07) is 10.2. The minimum atomic E-state index is -0.696. The summed E-state index contributed by atoms with van der Waals surface area (Å²) in [4.78, 5) is 35.4. The molecule has 9 heteroatoms. The number of hydrogen-bond donors (Lipinski definition) is 4. The highest BCUT2D eigenvalue weighted by molar-refractivity contribution is 6.36. The van der Waals surface area contributed by atoms with Crippen molar-refractivity contribution in [1.82, 2.24) is 16.2 Å². The molecule has 0 aliphatic rings. The largest absolute Gasteiger partial charge is 0.507 e. The van der Waals surface area contributed by atoms with Crippen molar-refractivity contribution in [1.29, 1.82) is 0 Å². The molecule has 0 spiro atoms. The van der Waals surface area contributed by atoms with Crippen LogP contribution in [0.15, 0.2) is 42.5 Å². The fourth-order valence-electron chi connectivity index (χ4n) is 1.83. The highest BCUT2D eigenvalue weighted by atomic mass is 35.5. The molecule has 0 aliphatic heterocycles. The molecule has 2 aromatic carbocycles. The molecule has 2 aromatic rings. The van der Waals surface area contributed by atoms with E-state index in [0.29, 0.717) is 5.02 Å². The molecule has 7 nitrogen and oxygen atoms in total. The molecule has 0 fully saturated rings. The Morgan fingerprint density at radius 2 is 1.64 bits per heavy atom. The summed E-state index contributed by atoms with van der Waals surface area (Å²) in [7, 11) is 0. The summed E-state index contributed by atoms with van der Waals surface area (Å²) in [6.45, 7) is -0.390. The molecule has 0 aliphatic carbocycles. The van der Waals surface area contributed by atoms with Crippen molar-refractivity contribution in [2.24, 2.45) is 0 Å². The minimum absolute atomic E-state index is 0.000202. The van der Waals surface area contributed by atoms with Gasteiger partial charge in [0.1, 0.15) is 5.75 Å². The molecule has 25 heavy (non-hydrogen) atoms. The van der Waals surface area contributed by atoms with Crippen molar-refractivity contribution in [2.45, 2.75) is 0 Å². The fraction of sp³-hybridized carbons (Fsp3) is 0.0625. The topological polar surface area (TPSA) is 108 Å². The van der Waals surface area contributed by atoms with E-state index < -0.39 is 24.3 Å². The number of aromatic hydroxyl groups is 1. The third-order valence-corrected chi connectivity index (χ3v) is 3.60. The Morgan fingerprint density at radius 3 is 2.32 bits per heavy atom. The van der Waals surface area contributed by atoms with Gasteiger partial charge in [0.05, 0.1) is 22.7 Å². The van der Waals surface area contributed by atoms with Crippen molar-refractivity contribution in [3.63, 3.8) is 0 Å². The van der Waals surface area contributed by atoms with Crippen LogP contribution >= 0.6 is 23.2 Å². The third-order valence-electron chi connectivity index (χ3n) is 3.05. The van der Waals surface area contributed by atoms with Crippen LogP contribution in [-0.4, -0.2) is 29.4 Å². The maximum atomic E-state index is 11.9. The second-order valence-corrected chi connectivity index (χ2v) is 5.67. The third kappa shape index (κ3) is 5.10. The zero-order valence-electron chi connectivity index (χ0n) is 12.7. The van der Waals surface area contributed by atoms with Gasteiger partial charge in [0.15, 0.2) is 0 Å². The fourth-order valence-corrected chi connectivity index (χ4v) is 2.33. The zero-order valence-corrected chi connectivity index (χ0v) is 14.2. The van der Waals surface area contributed by atoms with Crippen LogP contribution in [0.3, 0.4) is 0 Å². The Balaban J connectivity index is 1.83. The summed E-state index contributed by atoms with van der Waals surface area (Å²) in [5.41, 5.74) is 4.41. The van der Waals surface area contributed by atoms with E-state index in [1.807, 2.05) is 0 Å². The number of nitrogens with one attached hydrogen (secondary N) is 3. The van der Waals surface area contributed by atoms with E-state index in [4.69, 9.17) is 23.2 Å². The van der Waals surface area contributed by atoms with Crippen LogP contribution in [0.4, 0.5) is 0 Å². The summed E-state index contributed by atoms with van der Waals surface area (Å²) in [5, 5.41) is 12.4. The van der Waals surface area contributed by atoms with Gasteiger partial charge in [-0.2, -0.15) is 0 Å². The summed E-state index contributed by atoms with van der Waals surface area (Å²) in [5.74, 6) is -2.15. The highest BCUT2D eigenvalue weighted by Gasteiger charge is 2.14. The Morgan fingerprint density at radius 1 is 0.920 bits per heavy atom. The lowest BCUT2D eigenvalue weighted by Gasteiger charge is -2.10. The van der Waals surface area contributed by atoms with Gasteiger partial charge in [-0.15, -0.1) is 0 Å². The molecule has 0 unspecified atom stereocenters. The second kappa shape index (κ2) is 8.36. The van der Waals surface area contributed by atoms with E-state index in [9.17, 15) is 19.5 Å². The molecule has 0 saturated carbocycles. The van der Waals surface area contributed by atoms with Crippen LogP contribution < -0.4 is 16.2 Å². The molecule has 3 amide bonds. The Labute approximate surface area is 152 Å².